The molecule has 7 aromatic carbocycles. The summed E-state index contributed by atoms with van der Waals surface area (Å²) in [5.74, 6) is 0. The molecular weight excluding hydrogens is 1850 g/mol. The molecule has 12 rings (SSSR count). The van der Waals surface area contributed by atoms with Crippen LogP contribution in [0.5, 0.6) is 0 Å². The molecule has 0 N–H and O–H groups in total. The van der Waals surface area contributed by atoms with Gasteiger partial charge in [0.1, 0.15) is 31.6 Å². The Kier molecular flexibility index (Phi) is 28.1. The fraction of sp³-hybridized carbons (Fsp3) is 0.0727. The fourth-order valence-electron chi connectivity index (χ4n) is 7.16. The first-order valence-corrected chi connectivity index (χ1v) is 22.1. The van der Waals surface area contributed by atoms with Crippen LogP contribution in [0.1, 0.15) is 22.3 Å². The van der Waals surface area contributed by atoms with Crippen LogP contribution < -0.4 is 0 Å². The van der Waals surface area contributed by atoms with E-state index in [1.807, 2.05) is 103 Å². The van der Waals surface area contributed by atoms with E-state index in [2.05, 4.69) is 163 Å². The third-order valence-electron chi connectivity index (χ3n) is 10.5. The smallest absolute Gasteiger partial charge is 0.141 e. The Labute approximate surface area is 510 Å². The Morgan fingerprint density at radius 2 is 0.763 bits per heavy atom. The van der Waals surface area contributed by atoms with Gasteiger partial charge in [0.15, 0.2) is 0 Å². The van der Waals surface area contributed by atoms with E-state index < -0.39 is 0 Å². The van der Waals surface area contributed by atoms with Gasteiger partial charge < -0.3 is 0 Å². The molecule has 0 amide bonds. The van der Waals surface area contributed by atoms with Crippen molar-refractivity contribution in [1.29, 1.82) is 0 Å². The van der Waals surface area contributed by atoms with Crippen LogP contribution in [-0.4, -0.2) is 79.7 Å². The zero-order valence-corrected chi connectivity index (χ0v) is 52.6. The average Bonchev–Trinajstić information content (AvgIpc) is 4.29. The second kappa shape index (κ2) is 33.5. The summed E-state index contributed by atoms with van der Waals surface area (Å²) in [7, 11) is 0. The van der Waals surface area contributed by atoms with Crippen LogP contribution in [0, 0.1) is 58.0 Å². The minimum absolute atomic E-state index is 0. The van der Waals surface area contributed by atoms with Gasteiger partial charge in [-0.1, -0.05) is 80.2 Å². The van der Waals surface area contributed by atoms with Crippen LogP contribution in [0.3, 0.4) is 0 Å². The Hall–Kier alpha value is -6.51. The predicted molar refractivity (Wildman–Crippen MR) is 269 cm³/mol. The molecular formula is C55H45Ir3N16Pt2-5. The topological polar surface area (TPSA) is 166 Å². The maximum absolute atomic E-state index is 4.10. The number of tetrazole rings is 1. The first kappa shape index (κ1) is 63.8. The SMILES string of the molecule is Cc1cccc(C)c1-c1c[c-]c(-n2ccnn2)cc1.Cc1cccc(C)c1-c1c[c-]c(-n2cncn2)cc1.[Ir].[Ir].[Ir].[Pt].[Pt].[c-]1ccccc1-n1ccnn1.[c-]1ccccc1-n1cncn1.[c-]1ccccc1-n1cnnn1. The van der Waals surface area contributed by atoms with E-state index in [-0.39, 0.29) is 102 Å². The minimum Gasteiger partial charge on any atom is -0.246 e. The van der Waals surface area contributed by atoms with Gasteiger partial charge in [0.25, 0.3) is 0 Å². The summed E-state index contributed by atoms with van der Waals surface area (Å²) in [6.07, 6.45) is 14.8. The van der Waals surface area contributed by atoms with Crippen molar-refractivity contribution in [2.45, 2.75) is 27.7 Å². The first-order chi connectivity index (χ1) is 34.9. The molecule has 0 fully saturated rings. The molecule has 0 aliphatic heterocycles. The molecule has 76 heavy (non-hydrogen) atoms. The normalized spacial score (nSPS) is 9.58. The fourth-order valence-corrected chi connectivity index (χ4v) is 7.16. The number of hydrogen-bond donors (Lipinski definition) is 0. The molecule has 0 unspecified atom stereocenters. The second-order valence-electron chi connectivity index (χ2n) is 15.3. The number of rotatable bonds is 7. The molecule has 21 heteroatoms. The van der Waals surface area contributed by atoms with Gasteiger partial charge >= 0.3 is 0 Å². The van der Waals surface area contributed by atoms with E-state index in [0.717, 1.165) is 28.4 Å². The molecule has 16 nitrogen and oxygen atoms in total. The quantitative estimate of drug-likeness (QED) is 0.140. The summed E-state index contributed by atoms with van der Waals surface area (Å²) in [4.78, 5) is 7.77. The Morgan fingerprint density at radius 1 is 0.368 bits per heavy atom. The monoisotopic (exact) mass is 1900 g/mol. The van der Waals surface area contributed by atoms with Gasteiger partial charge in [0.05, 0.1) is 12.4 Å². The van der Waals surface area contributed by atoms with Crippen molar-refractivity contribution < 1.29 is 102 Å². The molecule has 5 aromatic heterocycles. The van der Waals surface area contributed by atoms with Gasteiger partial charge in [-0.3, -0.25) is 0 Å². The van der Waals surface area contributed by atoms with E-state index >= 15 is 0 Å². The molecule has 0 saturated heterocycles. The van der Waals surface area contributed by atoms with Gasteiger partial charge in [0.2, 0.25) is 0 Å². The van der Waals surface area contributed by atoms with E-state index in [1.54, 1.807) is 54.7 Å². The van der Waals surface area contributed by atoms with Gasteiger partial charge in [-0.25, -0.2) is 33.4 Å². The van der Waals surface area contributed by atoms with Gasteiger partial charge in [-0.05, 0) is 66.6 Å². The summed E-state index contributed by atoms with van der Waals surface area (Å²) < 4.78 is 8.29. The third-order valence-corrected chi connectivity index (χ3v) is 10.5. The zero-order valence-electron chi connectivity index (χ0n) is 40.8. The van der Waals surface area contributed by atoms with E-state index in [1.165, 1.54) is 63.5 Å². The largest absolute Gasteiger partial charge is 0.246 e. The average molecular weight is 1900 g/mol. The van der Waals surface area contributed by atoms with Crippen LogP contribution in [0.4, 0.5) is 0 Å². The van der Waals surface area contributed by atoms with E-state index in [9.17, 15) is 0 Å². The van der Waals surface area contributed by atoms with Crippen LogP contribution in [0.15, 0.2) is 202 Å². The number of aryl methyl sites for hydroxylation is 4. The van der Waals surface area contributed by atoms with Gasteiger partial charge in [-0.2, -0.15) is 119 Å². The summed E-state index contributed by atoms with van der Waals surface area (Å²) in [5.41, 5.74) is 14.5. The zero-order chi connectivity index (χ0) is 49.0. The number of hydrogen-bond acceptors (Lipinski definition) is 11. The van der Waals surface area contributed by atoms with Gasteiger partial charge in [-0.15, -0.1) is 56.8 Å². The van der Waals surface area contributed by atoms with Crippen molar-refractivity contribution in [2.75, 3.05) is 0 Å². The van der Waals surface area contributed by atoms with Crippen molar-refractivity contribution in [2.24, 2.45) is 0 Å². The summed E-state index contributed by atoms with van der Waals surface area (Å²) in [6.45, 7) is 8.53. The number of nitrogens with zero attached hydrogens (tertiary/aromatic N) is 16. The Balaban J connectivity index is 0.000000252. The maximum atomic E-state index is 4.10. The number of benzene rings is 7. The molecule has 0 aliphatic rings. The van der Waals surface area contributed by atoms with Crippen molar-refractivity contribution in [3.05, 3.63) is 255 Å². The van der Waals surface area contributed by atoms with Crippen molar-refractivity contribution in [1.82, 2.24) is 79.7 Å². The van der Waals surface area contributed by atoms with Crippen LogP contribution in [-0.2, 0) is 102 Å². The van der Waals surface area contributed by atoms with E-state index in [4.69, 9.17) is 0 Å². The molecule has 0 saturated carbocycles. The van der Waals surface area contributed by atoms with Gasteiger partial charge in [0, 0.05) is 115 Å². The standard InChI is InChI=1S/2C16H14N3.2C8H6N3.C7H5N4.3Ir.2Pt/c1-12-4-3-5-13(2)16(12)14-6-8-15(9-7-14)19-11-17-10-18-19;1-12-4-3-5-13(2)16(12)14-6-8-15(9-7-14)19-11-10-17-18-19;1-2-4-8(5-3-1)11-7-9-6-10-11;1-2-4-8(5-3-1)11-7-6-9-10-11;1-2-4-7(5-3-1)11-6-8-9-10-11;;;;;/h2*3-8,10-11H,1-2H3;2*1-4,6-7H;1-4,6H;;;;;/q5*-1;;;;;. The van der Waals surface area contributed by atoms with Crippen LogP contribution >= 0.6 is 0 Å². The summed E-state index contributed by atoms with van der Waals surface area (Å²) >= 11 is 0. The van der Waals surface area contributed by atoms with E-state index in [0.29, 0.717) is 0 Å². The Bertz CT molecular complexity index is 3040. The van der Waals surface area contributed by atoms with Crippen molar-refractivity contribution in [3.63, 3.8) is 0 Å². The molecule has 3 radical (unpaired) electrons. The molecule has 0 spiro atoms. The van der Waals surface area contributed by atoms with Crippen LogP contribution in [0.2, 0.25) is 0 Å². The number of para-hydroxylation sites is 3. The molecule has 0 bridgehead atoms. The van der Waals surface area contributed by atoms with Crippen molar-refractivity contribution >= 4 is 0 Å². The maximum Gasteiger partial charge on any atom is 0.141 e. The predicted octanol–water partition coefficient (Wildman–Crippen LogP) is 9.29. The molecule has 0 atom stereocenters. The summed E-state index contributed by atoms with van der Waals surface area (Å²) in [6, 6.07) is 63.2. The minimum atomic E-state index is 0. The first-order valence-electron chi connectivity index (χ1n) is 22.1. The van der Waals surface area contributed by atoms with Crippen LogP contribution in [0.25, 0.3) is 50.7 Å². The third kappa shape index (κ3) is 18.1. The molecule has 12 aromatic rings. The van der Waals surface area contributed by atoms with Crippen molar-refractivity contribution in [3.8, 4) is 50.7 Å². The summed E-state index contributed by atoms with van der Waals surface area (Å²) in [5, 5.41) is 34.1. The molecule has 0 aliphatic carbocycles. The Morgan fingerprint density at radius 3 is 1.08 bits per heavy atom. The number of aromatic nitrogens is 16. The second-order valence-corrected chi connectivity index (χ2v) is 15.3. The molecule has 397 valence electrons. The molecule has 5 heterocycles.